The lowest BCUT2D eigenvalue weighted by Crippen LogP contribution is -2.05. The van der Waals surface area contributed by atoms with E-state index in [1.165, 1.54) is 6.07 Å². The van der Waals surface area contributed by atoms with Crippen molar-refractivity contribution in [3.8, 4) is 0 Å². The molecule has 1 heterocycles. The molecule has 0 aliphatic heterocycles. The number of aliphatic hydroxyl groups is 1. The van der Waals surface area contributed by atoms with Crippen molar-refractivity contribution in [2.75, 3.05) is 6.61 Å². The molecule has 15 heavy (non-hydrogen) atoms. The number of nitrogens with zero attached hydrogens (tertiary/aromatic N) is 1. The Hall–Kier alpha value is -1.10. The molecule has 2 nitrogen and oxygen atoms in total. The van der Waals surface area contributed by atoms with Crippen molar-refractivity contribution in [3.63, 3.8) is 0 Å². The fourth-order valence-electron chi connectivity index (χ4n) is 1.37. The SMILES string of the molecule is OCCc1cc(CF)c(CF)nc1CF. The molecule has 0 aliphatic rings. The van der Waals surface area contributed by atoms with Crippen molar-refractivity contribution >= 4 is 0 Å². The van der Waals surface area contributed by atoms with Gasteiger partial charge in [-0.25, -0.2) is 13.2 Å². The summed E-state index contributed by atoms with van der Waals surface area (Å²) in [7, 11) is 0. The topological polar surface area (TPSA) is 33.1 Å². The van der Waals surface area contributed by atoms with Crippen LogP contribution in [0.5, 0.6) is 0 Å². The molecule has 0 amide bonds. The van der Waals surface area contributed by atoms with Crippen LogP contribution in [-0.2, 0) is 26.4 Å². The molecule has 1 rings (SSSR count). The van der Waals surface area contributed by atoms with Crippen LogP contribution in [-0.4, -0.2) is 16.7 Å². The molecule has 0 aromatic carbocycles. The fraction of sp³-hybridized carbons (Fsp3) is 0.500. The average Bonchev–Trinajstić information content (AvgIpc) is 2.28. The maximum atomic E-state index is 12.5. The Kier molecular flexibility index (Phi) is 4.55. The van der Waals surface area contributed by atoms with Crippen LogP contribution < -0.4 is 0 Å². The first-order valence-corrected chi connectivity index (χ1v) is 4.56. The van der Waals surface area contributed by atoms with Gasteiger partial charge in [-0.15, -0.1) is 0 Å². The normalized spacial score (nSPS) is 10.7. The Morgan fingerprint density at radius 1 is 1.00 bits per heavy atom. The summed E-state index contributed by atoms with van der Waals surface area (Å²) in [6.07, 6.45) is 0.200. The third-order valence-electron chi connectivity index (χ3n) is 2.14. The molecule has 1 aromatic rings. The zero-order chi connectivity index (χ0) is 11.3. The summed E-state index contributed by atoms with van der Waals surface area (Å²) in [6.45, 7) is -2.76. The van der Waals surface area contributed by atoms with Gasteiger partial charge >= 0.3 is 0 Å². The third-order valence-corrected chi connectivity index (χ3v) is 2.14. The molecular weight excluding hydrogens is 207 g/mol. The predicted octanol–water partition coefficient (Wildman–Crippen LogP) is 2.02. The number of aliphatic hydroxyl groups excluding tert-OH is 1. The van der Waals surface area contributed by atoms with E-state index in [0.717, 1.165) is 0 Å². The van der Waals surface area contributed by atoms with Gasteiger partial charge in [-0.05, 0) is 18.1 Å². The van der Waals surface area contributed by atoms with Gasteiger partial charge in [0.25, 0.3) is 0 Å². The Morgan fingerprint density at radius 3 is 2.07 bits per heavy atom. The molecule has 0 spiro atoms. The largest absolute Gasteiger partial charge is 0.396 e. The van der Waals surface area contributed by atoms with E-state index >= 15 is 0 Å². The molecule has 1 aromatic heterocycles. The van der Waals surface area contributed by atoms with Gasteiger partial charge in [0.15, 0.2) is 0 Å². The first kappa shape index (κ1) is 12.0. The predicted molar refractivity (Wildman–Crippen MR) is 49.5 cm³/mol. The number of aromatic nitrogens is 1. The quantitative estimate of drug-likeness (QED) is 0.821. The minimum absolute atomic E-state index is 0.0631. The van der Waals surface area contributed by atoms with Gasteiger partial charge in [0.2, 0.25) is 0 Å². The maximum Gasteiger partial charge on any atom is 0.132 e. The molecule has 84 valence electrons. The number of hydrogen-bond acceptors (Lipinski definition) is 2. The lowest BCUT2D eigenvalue weighted by Gasteiger charge is -2.09. The highest BCUT2D eigenvalue weighted by Crippen LogP contribution is 2.17. The second kappa shape index (κ2) is 5.70. The van der Waals surface area contributed by atoms with Crippen LogP contribution in [0.25, 0.3) is 0 Å². The van der Waals surface area contributed by atoms with E-state index < -0.39 is 20.0 Å². The lowest BCUT2D eigenvalue weighted by atomic mass is 10.1. The van der Waals surface area contributed by atoms with Crippen molar-refractivity contribution in [3.05, 3.63) is 28.6 Å². The molecule has 0 bridgehead atoms. The number of alkyl halides is 3. The molecule has 0 fully saturated rings. The molecule has 0 saturated heterocycles. The second-order valence-corrected chi connectivity index (χ2v) is 3.07. The monoisotopic (exact) mass is 219 g/mol. The van der Waals surface area contributed by atoms with Gasteiger partial charge in [0.05, 0.1) is 11.4 Å². The first-order valence-electron chi connectivity index (χ1n) is 4.56. The van der Waals surface area contributed by atoms with Crippen molar-refractivity contribution in [2.24, 2.45) is 0 Å². The Balaban J connectivity index is 3.15. The van der Waals surface area contributed by atoms with E-state index in [1.807, 2.05) is 0 Å². The molecule has 0 radical (unpaired) electrons. The Morgan fingerprint density at radius 2 is 1.60 bits per heavy atom. The van der Waals surface area contributed by atoms with Gasteiger partial charge in [0.1, 0.15) is 20.0 Å². The standard InChI is InChI=1S/C10H12F3NO/c11-4-8-3-7(1-2-15)9(5-12)14-10(8)6-13/h3,15H,1-2,4-6H2. The van der Waals surface area contributed by atoms with Crippen LogP contribution in [0.3, 0.4) is 0 Å². The van der Waals surface area contributed by atoms with Gasteiger partial charge in [-0.2, -0.15) is 0 Å². The Labute approximate surface area is 85.8 Å². The summed E-state index contributed by atoms with van der Waals surface area (Å²) < 4.78 is 37.4. The molecule has 0 atom stereocenters. The van der Waals surface area contributed by atoms with E-state index in [4.69, 9.17) is 5.11 Å². The van der Waals surface area contributed by atoms with Gasteiger partial charge < -0.3 is 5.11 Å². The summed E-state index contributed by atoms with van der Waals surface area (Å²) in [5.74, 6) is 0. The Bertz CT molecular complexity index is 331. The van der Waals surface area contributed by atoms with E-state index in [9.17, 15) is 13.2 Å². The molecule has 0 aliphatic carbocycles. The summed E-state index contributed by atoms with van der Waals surface area (Å²) in [4.78, 5) is 3.70. The molecule has 0 unspecified atom stereocenters. The number of hydrogen-bond donors (Lipinski definition) is 1. The van der Waals surface area contributed by atoms with Crippen LogP contribution in [0, 0.1) is 0 Å². The average molecular weight is 219 g/mol. The van der Waals surface area contributed by atoms with Gasteiger partial charge in [0, 0.05) is 12.2 Å². The molecule has 5 heteroatoms. The minimum Gasteiger partial charge on any atom is -0.396 e. The van der Waals surface area contributed by atoms with Crippen molar-refractivity contribution < 1.29 is 18.3 Å². The van der Waals surface area contributed by atoms with Crippen LogP contribution in [0.15, 0.2) is 6.07 Å². The number of halogens is 3. The highest BCUT2D eigenvalue weighted by Gasteiger charge is 2.11. The smallest absolute Gasteiger partial charge is 0.132 e. The van der Waals surface area contributed by atoms with E-state index in [1.54, 1.807) is 0 Å². The van der Waals surface area contributed by atoms with E-state index in [0.29, 0.717) is 5.56 Å². The van der Waals surface area contributed by atoms with Crippen LogP contribution >= 0.6 is 0 Å². The zero-order valence-electron chi connectivity index (χ0n) is 8.14. The third kappa shape index (κ3) is 2.68. The second-order valence-electron chi connectivity index (χ2n) is 3.07. The zero-order valence-corrected chi connectivity index (χ0v) is 8.14. The summed E-state index contributed by atoms with van der Waals surface area (Å²) in [6, 6.07) is 1.37. The number of pyridine rings is 1. The minimum atomic E-state index is -0.911. The first-order chi connectivity index (χ1) is 7.26. The molecular formula is C10H12F3NO. The van der Waals surface area contributed by atoms with Crippen LogP contribution in [0.2, 0.25) is 0 Å². The van der Waals surface area contributed by atoms with E-state index in [-0.39, 0.29) is 30.0 Å². The summed E-state index contributed by atoms with van der Waals surface area (Å²) in [5, 5.41) is 8.71. The highest BCUT2D eigenvalue weighted by atomic mass is 19.1. The molecule has 1 N–H and O–H groups in total. The number of rotatable bonds is 5. The highest BCUT2D eigenvalue weighted by molar-refractivity contribution is 5.30. The lowest BCUT2D eigenvalue weighted by molar-refractivity contribution is 0.298. The summed E-state index contributed by atoms with van der Waals surface area (Å²) >= 11 is 0. The maximum absolute atomic E-state index is 12.5. The van der Waals surface area contributed by atoms with Crippen molar-refractivity contribution in [1.82, 2.24) is 4.98 Å². The molecule has 0 saturated carbocycles. The summed E-state index contributed by atoms with van der Waals surface area (Å²) in [5.41, 5.74) is 0.573. The van der Waals surface area contributed by atoms with Crippen molar-refractivity contribution in [1.29, 1.82) is 0 Å². The van der Waals surface area contributed by atoms with E-state index in [2.05, 4.69) is 4.98 Å². The fourth-order valence-corrected chi connectivity index (χ4v) is 1.37. The van der Waals surface area contributed by atoms with Crippen molar-refractivity contribution in [2.45, 2.75) is 26.4 Å². The van der Waals surface area contributed by atoms with Gasteiger partial charge in [-0.3, -0.25) is 4.98 Å². The van der Waals surface area contributed by atoms with Gasteiger partial charge in [-0.1, -0.05) is 0 Å². The van der Waals surface area contributed by atoms with Crippen LogP contribution in [0.4, 0.5) is 13.2 Å². The van der Waals surface area contributed by atoms with Crippen LogP contribution in [0.1, 0.15) is 22.5 Å².